The molecule has 1 aliphatic heterocycles. The Balaban J connectivity index is 2.10. The van der Waals surface area contributed by atoms with Gasteiger partial charge in [-0.3, -0.25) is 0 Å². The van der Waals surface area contributed by atoms with Crippen molar-refractivity contribution >= 4 is 12.0 Å². The van der Waals surface area contributed by atoms with Crippen LogP contribution in [0.4, 0.5) is 4.79 Å². The van der Waals surface area contributed by atoms with Crippen molar-refractivity contribution in [3.05, 3.63) is 18.0 Å². The van der Waals surface area contributed by atoms with Gasteiger partial charge in [-0.05, 0) is 6.07 Å². The summed E-state index contributed by atoms with van der Waals surface area (Å²) in [5.41, 5.74) is -0.122. The molecule has 1 aliphatic rings. The van der Waals surface area contributed by atoms with Crippen LogP contribution < -0.4 is 5.32 Å². The van der Waals surface area contributed by atoms with Crippen molar-refractivity contribution in [3.8, 4) is 0 Å². The van der Waals surface area contributed by atoms with E-state index in [9.17, 15) is 9.59 Å². The summed E-state index contributed by atoms with van der Waals surface area (Å²) < 4.78 is 1.06. The zero-order valence-electron chi connectivity index (χ0n) is 8.59. The molecule has 2 heterocycles. The second kappa shape index (κ2) is 4.31. The van der Waals surface area contributed by atoms with Crippen molar-refractivity contribution in [1.82, 2.24) is 20.0 Å². The quantitative estimate of drug-likeness (QED) is 0.668. The number of aromatic nitrogens is 2. The maximum absolute atomic E-state index is 11.8. The number of carboxylic acid groups (broad SMARTS) is 1. The van der Waals surface area contributed by atoms with Crippen LogP contribution >= 0.6 is 0 Å². The Labute approximate surface area is 91.6 Å². The monoisotopic (exact) mass is 224 g/mol. The van der Waals surface area contributed by atoms with Gasteiger partial charge in [-0.2, -0.15) is 9.78 Å². The molecule has 1 saturated heterocycles. The highest BCUT2D eigenvalue weighted by Gasteiger charge is 2.19. The molecule has 0 bridgehead atoms. The highest BCUT2D eigenvalue weighted by Crippen LogP contribution is 2.00. The van der Waals surface area contributed by atoms with Crippen LogP contribution in [0.15, 0.2) is 12.3 Å². The van der Waals surface area contributed by atoms with E-state index in [1.54, 1.807) is 4.90 Å². The van der Waals surface area contributed by atoms with E-state index in [1.165, 1.54) is 12.3 Å². The van der Waals surface area contributed by atoms with Crippen molar-refractivity contribution in [2.75, 3.05) is 26.2 Å². The van der Waals surface area contributed by atoms with E-state index >= 15 is 0 Å². The molecule has 16 heavy (non-hydrogen) atoms. The van der Waals surface area contributed by atoms with Crippen molar-refractivity contribution in [2.45, 2.75) is 0 Å². The average molecular weight is 224 g/mol. The van der Waals surface area contributed by atoms with Crippen LogP contribution in [-0.2, 0) is 0 Å². The molecule has 0 radical (unpaired) electrons. The normalized spacial score (nSPS) is 16.1. The molecular weight excluding hydrogens is 212 g/mol. The van der Waals surface area contributed by atoms with Gasteiger partial charge in [0.15, 0.2) is 5.69 Å². The molecule has 0 aromatic carbocycles. The molecule has 1 aromatic rings. The van der Waals surface area contributed by atoms with Gasteiger partial charge in [-0.1, -0.05) is 0 Å². The lowest BCUT2D eigenvalue weighted by Crippen LogP contribution is -2.48. The average Bonchev–Trinajstić information content (AvgIpc) is 2.78. The first-order chi connectivity index (χ1) is 7.68. The molecule has 7 heteroatoms. The Hall–Kier alpha value is -1.89. The van der Waals surface area contributed by atoms with E-state index in [0.717, 1.165) is 17.8 Å². The number of hydrogen-bond acceptors (Lipinski definition) is 4. The van der Waals surface area contributed by atoms with Gasteiger partial charge < -0.3 is 15.3 Å². The predicted molar refractivity (Wildman–Crippen MR) is 54.4 cm³/mol. The van der Waals surface area contributed by atoms with Gasteiger partial charge in [-0.25, -0.2) is 9.59 Å². The third-order valence-corrected chi connectivity index (χ3v) is 2.39. The standard InChI is InChI=1S/C9H12N4O3/c14-8(15)7-1-4-13(11-7)9(16)12-5-2-10-3-6-12/h1,4,10H,2-3,5-6H2,(H,14,15). The summed E-state index contributed by atoms with van der Waals surface area (Å²) in [5, 5.41) is 15.5. The van der Waals surface area contributed by atoms with Crippen LogP contribution in [-0.4, -0.2) is 58.0 Å². The van der Waals surface area contributed by atoms with Crippen LogP contribution in [0, 0.1) is 0 Å². The Morgan fingerprint density at radius 2 is 2.06 bits per heavy atom. The molecule has 0 spiro atoms. The molecule has 1 fully saturated rings. The Kier molecular flexibility index (Phi) is 2.86. The second-order valence-electron chi connectivity index (χ2n) is 3.47. The smallest absolute Gasteiger partial charge is 0.356 e. The number of piperazine rings is 1. The highest BCUT2D eigenvalue weighted by molar-refractivity contribution is 5.86. The molecule has 1 amide bonds. The van der Waals surface area contributed by atoms with E-state index in [2.05, 4.69) is 10.4 Å². The summed E-state index contributed by atoms with van der Waals surface area (Å²) in [5.74, 6) is -1.13. The Morgan fingerprint density at radius 1 is 1.38 bits per heavy atom. The molecule has 0 saturated carbocycles. The number of hydrogen-bond donors (Lipinski definition) is 2. The fourth-order valence-electron chi connectivity index (χ4n) is 1.55. The first-order valence-corrected chi connectivity index (χ1v) is 4.97. The molecule has 2 N–H and O–H groups in total. The summed E-state index contributed by atoms with van der Waals surface area (Å²) in [6, 6.07) is 1.02. The molecule has 0 aliphatic carbocycles. The van der Waals surface area contributed by atoms with E-state index in [-0.39, 0.29) is 11.7 Å². The first-order valence-electron chi connectivity index (χ1n) is 4.97. The van der Waals surface area contributed by atoms with Gasteiger partial charge in [0.1, 0.15) is 0 Å². The number of aromatic carboxylic acids is 1. The fourth-order valence-corrected chi connectivity index (χ4v) is 1.55. The number of carboxylic acids is 1. The molecule has 1 aromatic heterocycles. The summed E-state index contributed by atoms with van der Waals surface area (Å²) in [6.45, 7) is 2.72. The maximum Gasteiger partial charge on any atom is 0.356 e. The van der Waals surface area contributed by atoms with Crippen molar-refractivity contribution in [3.63, 3.8) is 0 Å². The highest BCUT2D eigenvalue weighted by atomic mass is 16.4. The largest absolute Gasteiger partial charge is 0.476 e. The van der Waals surface area contributed by atoms with Gasteiger partial charge in [0.05, 0.1) is 0 Å². The summed E-state index contributed by atoms with van der Waals surface area (Å²) in [4.78, 5) is 24.1. The van der Waals surface area contributed by atoms with E-state index < -0.39 is 5.97 Å². The molecule has 7 nitrogen and oxygen atoms in total. The number of carbonyl (C=O) groups excluding carboxylic acids is 1. The molecule has 0 atom stereocenters. The predicted octanol–water partition coefficient (Wildman–Crippen LogP) is -0.545. The van der Waals surface area contributed by atoms with Crippen LogP contribution in [0.25, 0.3) is 0 Å². The summed E-state index contributed by atoms with van der Waals surface area (Å²) in [6.07, 6.45) is 1.37. The van der Waals surface area contributed by atoms with Gasteiger partial charge in [0.25, 0.3) is 0 Å². The number of nitrogens with zero attached hydrogens (tertiary/aromatic N) is 3. The zero-order chi connectivity index (χ0) is 11.5. The SMILES string of the molecule is O=C(O)c1ccn(C(=O)N2CCNCC2)n1. The maximum atomic E-state index is 11.8. The van der Waals surface area contributed by atoms with E-state index in [4.69, 9.17) is 5.11 Å². The van der Waals surface area contributed by atoms with Gasteiger partial charge in [0, 0.05) is 32.4 Å². The minimum Gasteiger partial charge on any atom is -0.476 e. The molecular formula is C9H12N4O3. The van der Waals surface area contributed by atoms with E-state index in [1.807, 2.05) is 0 Å². The van der Waals surface area contributed by atoms with Gasteiger partial charge in [-0.15, -0.1) is 0 Å². The van der Waals surface area contributed by atoms with Crippen molar-refractivity contribution < 1.29 is 14.7 Å². The van der Waals surface area contributed by atoms with Crippen LogP contribution in [0.3, 0.4) is 0 Å². The minimum absolute atomic E-state index is 0.122. The topological polar surface area (TPSA) is 87.5 Å². The Bertz CT molecular complexity index is 409. The van der Waals surface area contributed by atoms with Crippen LogP contribution in [0.5, 0.6) is 0 Å². The lowest BCUT2D eigenvalue weighted by atomic mass is 10.4. The van der Waals surface area contributed by atoms with Gasteiger partial charge in [0.2, 0.25) is 0 Å². The fraction of sp³-hybridized carbons (Fsp3) is 0.444. The minimum atomic E-state index is -1.13. The lowest BCUT2D eigenvalue weighted by Gasteiger charge is -2.26. The molecule has 86 valence electrons. The number of carbonyl (C=O) groups is 2. The third-order valence-electron chi connectivity index (χ3n) is 2.39. The third kappa shape index (κ3) is 2.03. The van der Waals surface area contributed by atoms with Gasteiger partial charge >= 0.3 is 12.0 Å². The summed E-state index contributed by atoms with van der Waals surface area (Å²) in [7, 11) is 0. The van der Waals surface area contributed by atoms with Crippen molar-refractivity contribution in [2.24, 2.45) is 0 Å². The second-order valence-corrected chi connectivity index (χ2v) is 3.47. The molecule has 0 unspecified atom stereocenters. The van der Waals surface area contributed by atoms with E-state index in [0.29, 0.717) is 13.1 Å². The van der Waals surface area contributed by atoms with Crippen molar-refractivity contribution in [1.29, 1.82) is 0 Å². The number of nitrogens with one attached hydrogen (secondary N) is 1. The number of rotatable bonds is 1. The lowest BCUT2D eigenvalue weighted by molar-refractivity contribution is 0.0690. The molecule has 2 rings (SSSR count). The zero-order valence-corrected chi connectivity index (χ0v) is 8.59. The summed E-state index contributed by atoms with van der Waals surface area (Å²) >= 11 is 0. The van der Waals surface area contributed by atoms with Crippen LogP contribution in [0.1, 0.15) is 10.5 Å². The number of amides is 1. The first kappa shape index (κ1) is 10.6. The Morgan fingerprint density at radius 3 is 2.62 bits per heavy atom. The van der Waals surface area contributed by atoms with Crippen LogP contribution in [0.2, 0.25) is 0 Å².